The molecule has 0 saturated carbocycles. The summed E-state index contributed by atoms with van der Waals surface area (Å²) in [5.74, 6) is 1.51. The molecule has 1 aliphatic rings. The van der Waals surface area contributed by atoms with Crippen LogP contribution in [-0.2, 0) is 22.6 Å². The van der Waals surface area contributed by atoms with Gasteiger partial charge in [0.15, 0.2) is 11.5 Å². The topological polar surface area (TPSA) is 90.0 Å². The summed E-state index contributed by atoms with van der Waals surface area (Å²) in [4.78, 5) is 31.1. The van der Waals surface area contributed by atoms with Gasteiger partial charge in [0, 0.05) is 37.9 Å². The fourth-order valence-corrected chi connectivity index (χ4v) is 3.75. The van der Waals surface area contributed by atoms with Gasteiger partial charge in [-0.15, -0.1) is 0 Å². The van der Waals surface area contributed by atoms with Gasteiger partial charge in [-0.2, -0.15) is 0 Å². The van der Waals surface area contributed by atoms with E-state index in [2.05, 4.69) is 10.3 Å². The van der Waals surface area contributed by atoms with Crippen LogP contribution in [0.1, 0.15) is 24.0 Å². The highest BCUT2D eigenvalue weighted by molar-refractivity contribution is 5.81. The van der Waals surface area contributed by atoms with Gasteiger partial charge in [0.05, 0.1) is 27.8 Å². The third kappa shape index (κ3) is 5.65. The molecule has 1 N–H and O–H groups in total. The van der Waals surface area contributed by atoms with Crippen LogP contribution in [0.4, 0.5) is 0 Å². The Morgan fingerprint density at radius 2 is 1.74 bits per heavy atom. The van der Waals surface area contributed by atoms with Gasteiger partial charge in [-0.3, -0.25) is 14.6 Å². The van der Waals surface area contributed by atoms with E-state index in [4.69, 9.17) is 14.2 Å². The molecule has 8 nitrogen and oxygen atoms in total. The summed E-state index contributed by atoms with van der Waals surface area (Å²) in [6.45, 7) is 1.59. The van der Waals surface area contributed by atoms with Crippen molar-refractivity contribution >= 4 is 11.8 Å². The van der Waals surface area contributed by atoms with Gasteiger partial charge in [-0.25, -0.2) is 0 Å². The van der Waals surface area contributed by atoms with Gasteiger partial charge in [0.25, 0.3) is 0 Å². The zero-order valence-corrected chi connectivity index (χ0v) is 18.2. The number of likely N-dealkylation sites (tertiary alicyclic amines) is 1. The van der Waals surface area contributed by atoms with Crippen molar-refractivity contribution in [2.45, 2.75) is 25.8 Å². The normalized spacial score (nSPS) is 14.1. The molecule has 8 heteroatoms. The predicted molar refractivity (Wildman–Crippen MR) is 115 cm³/mol. The lowest BCUT2D eigenvalue weighted by molar-refractivity contribution is -0.135. The van der Waals surface area contributed by atoms with E-state index in [1.807, 2.05) is 17.0 Å². The van der Waals surface area contributed by atoms with Gasteiger partial charge >= 0.3 is 0 Å². The number of hydrogen-bond donors (Lipinski definition) is 1. The van der Waals surface area contributed by atoms with Crippen molar-refractivity contribution in [2.24, 2.45) is 5.92 Å². The molecule has 1 saturated heterocycles. The van der Waals surface area contributed by atoms with Gasteiger partial charge < -0.3 is 24.4 Å². The van der Waals surface area contributed by atoms with Crippen molar-refractivity contribution in [1.82, 2.24) is 15.2 Å². The average Bonchev–Trinajstić information content (AvgIpc) is 2.82. The molecule has 2 heterocycles. The molecule has 0 radical (unpaired) electrons. The Bertz CT molecular complexity index is 870. The third-order valence-electron chi connectivity index (χ3n) is 5.49. The number of benzene rings is 1. The minimum absolute atomic E-state index is 0.0171. The lowest BCUT2D eigenvalue weighted by Gasteiger charge is -2.31. The van der Waals surface area contributed by atoms with Crippen LogP contribution in [0.15, 0.2) is 36.7 Å². The maximum atomic E-state index is 12.8. The highest BCUT2D eigenvalue weighted by Gasteiger charge is 2.27. The summed E-state index contributed by atoms with van der Waals surface area (Å²) in [5, 5.41) is 2.97. The van der Waals surface area contributed by atoms with Crippen LogP contribution in [-0.4, -0.2) is 56.1 Å². The van der Waals surface area contributed by atoms with E-state index in [9.17, 15) is 9.59 Å². The molecule has 3 rings (SSSR count). The van der Waals surface area contributed by atoms with Crippen LogP contribution in [0.3, 0.4) is 0 Å². The van der Waals surface area contributed by atoms with Crippen molar-refractivity contribution in [2.75, 3.05) is 34.4 Å². The number of aromatic nitrogens is 1. The summed E-state index contributed by atoms with van der Waals surface area (Å²) in [6, 6.07) is 7.35. The summed E-state index contributed by atoms with van der Waals surface area (Å²) in [6.07, 6.45) is 4.98. The number of hydrogen-bond acceptors (Lipinski definition) is 6. The molecule has 166 valence electrons. The van der Waals surface area contributed by atoms with Gasteiger partial charge in [0.1, 0.15) is 0 Å². The molecule has 2 amide bonds. The highest BCUT2D eigenvalue weighted by atomic mass is 16.5. The van der Waals surface area contributed by atoms with Crippen LogP contribution in [0.25, 0.3) is 0 Å². The second-order valence-electron chi connectivity index (χ2n) is 7.44. The van der Waals surface area contributed by atoms with Gasteiger partial charge in [-0.05, 0) is 42.2 Å². The van der Waals surface area contributed by atoms with E-state index in [1.165, 1.54) is 0 Å². The molecule has 0 spiro atoms. The van der Waals surface area contributed by atoms with Crippen LogP contribution in [0, 0.1) is 5.92 Å². The largest absolute Gasteiger partial charge is 0.493 e. The van der Waals surface area contributed by atoms with Gasteiger partial charge in [0.2, 0.25) is 17.6 Å². The zero-order valence-electron chi connectivity index (χ0n) is 18.2. The molecular weight excluding hydrogens is 398 g/mol. The van der Waals surface area contributed by atoms with Crippen molar-refractivity contribution in [3.05, 3.63) is 47.8 Å². The van der Waals surface area contributed by atoms with Crippen molar-refractivity contribution < 1.29 is 23.8 Å². The number of rotatable bonds is 8. The summed E-state index contributed by atoms with van der Waals surface area (Å²) in [7, 11) is 4.64. The molecule has 0 aliphatic carbocycles. The lowest BCUT2D eigenvalue weighted by Crippen LogP contribution is -2.43. The third-order valence-corrected chi connectivity index (χ3v) is 5.49. The molecule has 0 bridgehead atoms. The number of ether oxygens (including phenoxy) is 3. The molecule has 31 heavy (non-hydrogen) atoms. The molecule has 1 aromatic heterocycles. The second-order valence-corrected chi connectivity index (χ2v) is 7.44. The number of amides is 2. The lowest BCUT2D eigenvalue weighted by atomic mass is 9.95. The fourth-order valence-electron chi connectivity index (χ4n) is 3.75. The quantitative estimate of drug-likeness (QED) is 0.695. The van der Waals surface area contributed by atoms with E-state index in [0.29, 0.717) is 49.7 Å². The van der Waals surface area contributed by atoms with Crippen LogP contribution in [0.2, 0.25) is 0 Å². The Hall–Kier alpha value is -3.29. The number of carbonyl (C=O) groups is 2. The molecule has 1 fully saturated rings. The van der Waals surface area contributed by atoms with Crippen LogP contribution >= 0.6 is 0 Å². The van der Waals surface area contributed by atoms with E-state index in [-0.39, 0.29) is 24.2 Å². The fraction of sp³-hybridized carbons (Fsp3) is 0.435. The maximum Gasteiger partial charge on any atom is 0.226 e. The van der Waals surface area contributed by atoms with E-state index >= 15 is 0 Å². The molecule has 0 unspecified atom stereocenters. The molecule has 1 aromatic carbocycles. The van der Waals surface area contributed by atoms with Crippen LogP contribution in [0.5, 0.6) is 17.2 Å². The van der Waals surface area contributed by atoms with E-state index < -0.39 is 0 Å². The number of nitrogens with zero attached hydrogens (tertiary/aromatic N) is 2. The first kappa shape index (κ1) is 22.4. The smallest absolute Gasteiger partial charge is 0.226 e. The standard InChI is InChI=1S/C23H29N3O5/c1-29-19-11-17(12-20(30-2)22(19)31-3)13-21(27)26-9-6-18(7-10-26)23(28)25-15-16-5-4-8-24-14-16/h4-5,8,11-12,14,18H,6-7,9-10,13,15H2,1-3H3,(H,25,28). The highest BCUT2D eigenvalue weighted by Crippen LogP contribution is 2.38. The maximum absolute atomic E-state index is 12.8. The summed E-state index contributed by atoms with van der Waals surface area (Å²) >= 11 is 0. The number of carbonyl (C=O) groups excluding carboxylic acids is 2. The van der Waals surface area contributed by atoms with Crippen molar-refractivity contribution in [3.63, 3.8) is 0 Å². The summed E-state index contributed by atoms with van der Waals surface area (Å²) in [5.41, 5.74) is 1.75. The second kappa shape index (κ2) is 10.7. The number of piperidine rings is 1. The van der Waals surface area contributed by atoms with Crippen molar-refractivity contribution in [1.29, 1.82) is 0 Å². The monoisotopic (exact) mass is 427 g/mol. The SMILES string of the molecule is COc1cc(CC(=O)N2CCC(C(=O)NCc3cccnc3)CC2)cc(OC)c1OC. The zero-order chi connectivity index (χ0) is 22.2. The number of methoxy groups -OCH3 is 3. The Balaban J connectivity index is 1.53. The Kier molecular flexibility index (Phi) is 7.70. The minimum Gasteiger partial charge on any atom is -0.493 e. The first-order chi connectivity index (χ1) is 15.0. The Morgan fingerprint density at radius 3 is 2.29 bits per heavy atom. The minimum atomic E-state index is -0.0816. The van der Waals surface area contributed by atoms with E-state index in [1.54, 1.807) is 45.9 Å². The molecule has 0 atom stereocenters. The van der Waals surface area contributed by atoms with Crippen molar-refractivity contribution in [3.8, 4) is 17.2 Å². The Labute approximate surface area is 182 Å². The average molecular weight is 428 g/mol. The Morgan fingerprint density at radius 1 is 1.06 bits per heavy atom. The molecule has 2 aromatic rings. The first-order valence-corrected chi connectivity index (χ1v) is 10.3. The number of nitrogens with one attached hydrogen (secondary N) is 1. The predicted octanol–water partition coefficient (Wildman–Crippen LogP) is 2.20. The van der Waals surface area contributed by atoms with Gasteiger partial charge in [-0.1, -0.05) is 6.07 Å². The molecule has 1 aliphatic heterocycles. The summed E-state index contributed by atoms with van der Waals surface area (Å²) < 4.78 is 16.1. The number of pyridine rings is 1. The first-order valence-electron chi connectivity index (χ1n) is 10.3. The van der Waals surface area contributed by atoms with E-state index in [0.717, 1.165) is 11.1 Å². The molecular formula is C23H29N3O5. The van der Waals surface area contributed by atoms with Crippen LogP contribution < -0.4 is 19.5 Å².